The smallest absolute Gasteiger partial charge is 0.323 e. The maximum Gasteiger partial charge on any atom is 0.323 e. The van der Waals surface area contributed by atoms with Gasteiger partial charge in [0.15, 0.2) is 0 Å². The summed E-state index contributed by atoms with van der Waals surface area (Å²) in [4.78, 5) is 11.1. The molecule has 2 atom stereocenters. The van der Waals surface area contributed by atoms with E-state index in [1.54, 1.807) is 6.92 Å². The number of carboxylic acid groups (broad SMARTS) is 1. The SMILES string of the molecule is CCC(C)NC(C)(C(=O)O)C1CC1. The molecule has 1 rings (SSSR count). The number of hydrogen-bond donors (Lipinski definition) is 2. The van der Waals surface area contributed by atoms with Crippen molar-refractivity contribution in [1.82, 2.24) is 5.32 Å². The first-order valence-corrected chi connectivity index (χ1v) is 5.01. The van der Waals surface area contributed by atoms with Crippen molar-refractivity contribution in [2.75, 3.05) is 0 Å². The van der Waals surface area contributed by atoms with Crippen LogP contribution in [0.1, 0.15) is 40.0 Å². The lowest BCUT2D eigenvalue weighted by Gasteiger charge is -2.29. The molecule has 0 aliphatic heterocycles. The summed E-state index contributed by atoms with van der Waals surface area (Å²) in [6.45, 7) is 5.90. The van der Waals surface area contributed by atoms with Crippen LogP contribution in [0.3, 0.4) is 0 Å². The van der Waals surface area contributed by atoms with Crippen LogP contribution in [0.4, 0.5) is 0 Å². The summed E-state index contributed by atoms with van der Waals surface area (Å²) in [5, 5.41) is 12.3. The minimum atomic E-state index is -0.713. The third-order valence-electron chi connectivity index (χ3n) is 3.00. The van der Waals surface area contributed by atoms with E-state index in [-0.39, 0.29) is 6.04 Å². The van der Waals surface area contributed by atoms with Gasteiger partial charge in [-0.2, -0.15) is 0 Å². The minimum absolute atomic E-state index is 0.279. The van der Waals surface area contributed by atoms with E-state index < -0.39 is 11.5 Å². The zero-order valence-corrected chi connectivity index (χ0v) is 8.63. The predicted octanol–water partition coefficient (Wildman–Crippen LogP) is 1.63. The van der Waals surface area contributed by atoms with Gasteiger partial charge in [-0.1, -0.05) is 6.92 Å². The highest BCUT2D eigenvalue weighted by Crippen LogP contribution is 2.40. The molecule has 0 heterocycles. The van der Waals surface area contributed by atoms with Crippen LogP contribution in [0.25, 0.3) is 0 Å². The van der Waals surface area contributed by atoms with E-state index in [0.29, 0.717) is 5.92 Å². The Balaban J connectivity index is 2.61. The summed E-state index contributed by atoms with van der Waals surface area (Å²) in [5.74, 6) is -0.380. The van der Waals surface area contributed by atoms with Gasteiger partial charge in [-0.3, -0.25) is 10.1 Å². The van der Waals surface area contributed by atoms with Gasteiger partial charge < -0.3 is 5.11 Å². The maximum absolute atomic E-state index is 11.1. The van der Waals surface area contributed by atoms with E-state index in [1.165, 1.54) is 0 Å². The van der Waals surface area contributed by atoms with Crippen LogP contribution in [0, 0.1) is 5.92 Å². The van der Waals surface area contributed by atoms with E-state index >= 15 is 0 Å². The largest absolute Gasteiger partial charge is 0.480 e. The molecule has 1 aliphatic rings. The Morgan fingerprint density at radius 3 is 2.54 bits per heavy atom. The highest BCUT2D eigenvalue weighted by atomic mass is 16.4. The number of nitrogens with one attached hydrogen (secondary N) is 1. The summed E-state index contributed by atoms with van der Waals surface area (Å²) in [7, 11) is 0. The number of aliphatic carboxylic acids is 1. The molecule has 0 amide bonds. The second-order valence-corrected chi connectivity index (χ2v) is 4.24. The van der Waals surface area contributed by atoms with Crippen molar-refractivity contribution in [1.29, 1.82) is 0 Å². The standard InChI is InChI=1S/C10H19NO2/c1-4-7(2)11-10(3,9(12)13)8-5-6-8/h7-8,11H,4-6H2,1-3H3,(H,12,13). The monoisotopic (exact) mass is 185 g/mol. The Morgan fingerprint density at radius 2 is 2.23 bits per heavy atom. The van der Waals surface area contributed by atoms with Gasteiger partial charge in [0.1, 0.15) is 5.54 Å². The van der Waals surface area contributed by atoms with Gasteiger partial charge in [0.25, 0.3) is 0 Å². The van der Waals surface area contributed by atoms with Gasteiger partial charge in [0.2, 0.25) is 0 Å². The molecule has 3 heteroatoms. The zero-order valence-electron chi connectivity index (χ0n) is 8.63. The first kappa shape index (κ1) is 10.5. The van der Waals surface area contributed by atoms with Crippen LogP contribution in [0.5, 0.6) is 0 Å². The molecule has 1 saturated carbocycles. The number of carbonyl (C=O) groups is 1. The van der Waals surface area contributed by atoms with Gasteiger partial charge >= 0.3 is 5.97 Å². The molecule has 76 valence electrons. The molecule has 0 aromatic heterocycles. The average molecular weight is 185 g/mol. The fourth-order valence-corrected chi connectivity index (χ4v) is 1.63. The zero-order chi connectivity index (χ0) is 10.1. The Bertz CT molecular complexity index is 201. The van der Waals surface area contributed by atoms with E-state index in [2.05, 4.69) is 12.2 Å². The van der Waals surface area contributed by atoms with Gasteiger partial charge in [-0.25, -0.2) is 0 Å². The summed E-state index contributed by atoms with van der Waals surface area (Å²) >= 11 is 0. The lowest BCUT2D eigenvalue weighted by molar-refractivity contribution is -0.145. The average Bonchev–Trinajstić information content (AvgIpc) is 2.85. The molecular formula is C10H19NO2. The van der Waals surface area contributed by atoms with Crippen molar-refractivity contribution in [3.63, 3.8) is 0 Å². The van der Waals surface area contributed by atoms with Crippen molar-refractivity contribution in [3.8, 4) is 0 Å². The Kier molecular flexibility index (Phi) is 2.96. The van der Waals surface area contributed by atoms with Crippen molar-refractivity contribution in [2.45, 2.75) is 51.6 Å². The van der Waals surface area contributed by atoms with Crippen LogP contribution in [0.2, 0.25) is 0 Å². The number of rotatable bonds is 5. The summed E-state index contributed by atoms with van der Waals surface area (Å²) < 4.78 is 0. The molecule has 0 aromatic carbocycles. The summed E-state index contributed by atoms with van der Waals surface area (Å²) in [6.07, 6.45) is 3.06. The van der Waals surface area contributed by atoms with E-state index in [9.17, 15) is 4.79 Å². The van der Waals surface area contributed by atoms with Gasteiger partial charge in [-0.05, 0) is 39.0 Å². The van der Waals surface area contributed by atoms with Gasteiger partial charge in [0.05, 0.1) is 0 Å². The Labute approximate surface area is 79.5 Å². The highest BCUT2D eigenvalue weighted by Gasteiger charge is 2.47. The molecule has 1 aliphatic carbocycles. The summed E-state index contributed by atoms with van der Waals surface area (Å²) in [6, 6.07) is 0.279. The van der Waals surface area contributed by atoms with Crippen LogP contribution in [0.15, 0.2) is 0 Å². The first-order valence-electron chi connectivity index (χ1n) is 5.01. The molecule has 2 unspecified atom stereocenters. The molecule has 1 fully saturated rings. The molecule has 0 saturated heterocycles. The van der Waals surface area contributed by atoms with E-state index in [4.69, 9.17) is 5.11 Å². The summed E-state index contributed by atoms with van der Waals surface area (Å²) in [5.41, 5.74) is -0.699. The third-order valence-corrected chi connectivity index (χ3v) is 3.00. The molecule has 0 aromatic rings. The fourth-order valence-electron chi connectivity index (χ4n) is 1.63. The minimum Gasteiger partial charge on any atom is -0.480 e. The second kappa shape index (κ2) is 3.66. The lowest BCUT2D eigenvalue weighted by Crippen LogP contribution is -2.54. The molecule has 0 radical (unpaired) electrons. The van der Waals surface area contributed by atoms with E-state index in [1.807, 2.05) is 6.92 Å². The molecule has 3 nitrogen and oxygen atoms in total. The van der Waals surface area contributed by atoms with Gasteiger partial charge in [0, 0.05) is 6.04 Å². The van der Waals surface area contributed by atoms with Gasteiger partial charge in [-0.15, -0.1) is 0 Å². The Morgan fingerprint density at radius 1 is 1.69 bits per heavy atom. The van der Waals surface area contributed by atoms with Crippen LogP contribution < -0.4 is 5.32 Å². The second-order valence-electron chi connectivity index (χ2n) is 4.24. The molecule has 0 spiro atoms. The number of carboxylic acids is 1. The Hall–Kier alpha value is -0.570. The third kappa shape index (κ3) is 2.21. The van der Waals surface area contributed by atoms with Crippen LogP contribution in [-0.4, -0.2) is 22.7 Å². The molecule has 0 bridgehead atoms. The predicted molar refractivity (Wildman–Crippen MR) is 51.7 cm³/mol. The van der Waals surface area contributed by atoms with Crippen molar-refractivity contribution < 1.29 is 9.90 Å². The van der Waals surface area contributed by atoms with Crippen molar-refractivity contribution in [2.24, 2.45) is 5.92 Å². The number of hydrogen-bond acceptors (Lipinski definition) is 2. The topological polar surface area (TPSA) is 49.3 Å². The normalized spacial score (nSPS) is 23.6. The maximum atomic E-state index is 11.1. The first-order chi connectivity index (χ1) is 6.00. The van der Waals surface area contributed by atoms with Crippen molar-refractivity contribution in [3.05, 3.63) is 0 Å². The fraction of sp³-hybridized carbons (Fsp3) is 0.900. The van der Waals surface area contributed by atoms with Crippen molar-refractivity contribution >= 4 is 5.97 Å². The van der Waals surface area contributed by atoms with E-state index in [0.717, 1.165) is 19.3 Å². The lowest BCUT2D eigenvalue weighted by atomic mass is 9.94. The quantitative estimate of drug-likeness (QED) is 0.684. The molecule has 13 heavy (non-hydrogen) atoms. The molecular weight excluding hydrogens is 166 g/mol. The van der Waals surface area contributed by atoms with Crippen LogP contribution >= 0.6 is 0 Å². The highest BCUT2D eigenvalue weighted by molar-refractivity contribution is 5.79. The molecule has 2 N–H and O–H groups in total. The van der Waals surface area contributed by atoms with Crippen LogP contribution in [-0.2, 0) is 4.79 Å².